The Hall–Kier alpha value is -3.43. The first-order chi connectivity index (χ1) is 17.2. The Morgan fingerprint density at radius 1 is 0.757 bits per heavy atom. The quantitative estimate of drug-likeness (QED) is 0.154. The molecule has 1 unspecified atom stereocenters. The fraction of sp³-hybridized carbons (Fsp3) is 0.194. The minimum Gasteiger partial charge on any atom is -0.313 e. The second kappa shape index (κ2) is 10.5. The second-order valence-corrected chi connectivity index (χ2v) is 10.0. The van der Waals surface area contributed by atoms with Crippen LogP contribution in [-0.4, -0.2) is 19.7 Å². The van der Waals surface area contributed by atoms with Crippen molar-refractivity contribution in [1.29, 1.82) is 0 Å². The summed E-state index contributed by atoms with van der Waals surface area (Å²) in [6.45, 7) is 8.68. The van der Waals surface area contributed by atoms with Crippen molar-refractivity contribution in [2.24, 2.45) is 0 Å². The topological polar surface area (TPSA) is 43.6 Å². The fourth-order valence-electron chi connectivity index (χ4n) is 4.32. The summed E-state index contributed by atoms with van der Waals surface area (Å²) in [5.74, 6) is -0.561. The summed E-state index contributed by atoms with van der Waals surface area (Å²) in [6, 6.07) is 33.2. The molecule has 0 saturated heterocycles. The number of rotatable bonds is 5. The smallest absolute Gasteiger partial charge is 0.313 e. The van der Waals surface area contributed by atoms with E-state index in [0.717, 1.165) is 22.6 Å². The molecule has 3 aromatic heterocycles. The first kappa shape index (κ1) is 26.6. The molecule has 37 heavy (non-hydrogen) atoms. The fourth-order valence-corrected chi connectivity index (χ4v) is 4.32. The van der Waals surface area contributed by atoms with Crippen molar-refractivity contribution >= 4 is 0 Å². The van der Waals surface area contributed by atoms with Gasteiger partial charge in [-0.1, -0.05) is 63.2 Å². The zero-order chi connectivity index (χ0) is 25.3. The van der Waals surface area contributed by atoms with Gasteiger partial charge in [0.25, 0.3) is 0 Å². The number of halogens is 1. The molecule has 0 aliphatic rings. The van der Waals surface area contributed by atoms with E-state index in [-0.39, 0.29) is 26.5 Å². The maximum atomic E-state index is 13.8. The van der Waals surface area contributed by atoms with Crippen LogP contribution in [0.1, 0.15) is 50.2 Å². The van der Waals surface area contributed by atoms with Gasteiger partial charge in [0.15, 0.2) is 5.95 Å². The monoisotopic (exact) mass is 669 g/mol. The molecule has 0 aliphatic carbocycles. The Bertz CT molecular complexity index is 1510. The van der Waals surface area contributed by atoms with Crippen molar-refractivity contribution in [2.45, 2.75) is 38.5 Å². The summed E-state index contributed by atoms with van der Waals surface area (Å²) in [4.78, 5) is 8.90. The zero-order valence-electron chi connectivity index (χ0n) is 21.1. The molecule has 1 atom stereocenters. The number of aromatic nitrogens is 4. The van der Waals surface area contributed by atoms with Crippen molar-refractivity contribution < 1.29 is 25.5 Å². The molecule has 0 saturated carbocycles. The Balaban J connectivity index is 0.00000320. The van der Waals surface area contributed by atoms with Crippen LogP contribution in [0, 0.1) is 18.1 Å². The van der Waals surface area contributed by atoms with Gasteiger partial charge in [-0.15, -0.1) is 12.1 Å². The number of hydrogen-bond acceptors (Lipinski definition) is 3. The van der Waals surface area contributed by atoms with Crippen LogP contribution in [0.2, 0.25) is 0 Å². The maximum absolute atomic E-state index is 13.8. The van der Waals surface area contributed by atoms with Crippen molar-refractivity contribution in [3.8, 4) is 17.1 Å². The van der Waals surface area contributed by atoms with E-state index in [1.807, 2.05) is 59.4 Å². The van der Waals surface area contributed by atoms with Gasteiger partial charge in [-0.25, -0.2) is 4.39 Å². The largest absolute Gasteiger partial charge is 2.00 e. The van der Waals surface area contributed by atoms with Gasteiger partial charge in [0, 0.05) is 11.9 Å². The predicted octanol–water partition coefficient (Wildman–Crippen LogP) is 6.72. The van der Waals surface area contributed by atoms with Crippen LogP contribution >= 0.6 is 0 Å². The van der Waals surface area contributed by atoms with E-state index in [9.17, 15) is 4.39 Å². The average molecular weight is 670 g/mol. The van der Waals surface area contributed by atoms with Gasteiger partial charge in [0.05, 0.1) is 11.1 Å². The zero-order valence-corrected chi connectivity index (χ0v) is 23.4. The van der Waals surface area contributed by atoms with Crippen molar-refractivity contribution in [3.05, 3.63) is 132 Å². The van der Waals surface area contributed by atoms with Crippen LogP contribution < -0.4 is 0 Å². The SMILES string of the molecule is CC(C)(C)c1cc[c-]c(-n2ccc(C(C)(c3ccccc3)c3cccc(-c4[c-]ccc(F)n4)n3)n2)c1.[Pt+2]. The number of nitrogens with zero attached hydrogens (tertiary/aromatic N) is 4. The van der Waals surface area contributed by atoms with E-state index in [2.05, 4.69) is 69.1 Å². The molecule has 188 valence electrons. The minimum atomic E-state index is -0.669. The first-order valence-corrected chi connectivity index (χ1v) is 11.9. The van der Waals surface area contributed by atoms with E-state index in [1.165, 1.54) is 17.7 Å². The third-order valence-corrected chi connectivity index (χ3v) is 6.52. The van der Waals surface area contributed by atoms with Crippen LogP contribution in [0.3, 0.4) is 0 Å². The average Bonchev–Trinajstić information content (AvgIpc) is 3.39. The van der Waals surface area contributed by atoms with Gasteiger partial charge in [0.1, 0.15) is 0 Å². The number of benzene rings is 2. The second-order valence-electron chi connectivity index (χ2n) is 10.0. The minimum absolute atomic E-state index is 0. The van der Waals surface area contributed by atoms with Gasteiger partial charge in [-0.05, 0) is 47.1 Å². The molecule has 0 aliphatic heterocycles. The third kappa shape index (κ3) is 5.33. The van der Waals surface area contributed by atoms with Crippen molar-refractivity contribution in [3.63, 3.8) is 0 Å². The summed E-state index contributed by atoms with van der Waals surface area (Å²) in [5.41, 5.74) is 5.03. The van der Waals surface area contributed by atoms with Crippen molar-refractivity contribution in [1.82, 2.24) is 19.7 Å². The molecule has 0 radical (unpaired) electrons. The summed E-state index contributed by atoms with van der Waals surface area (Å²) in [5, 5.41) is 5.01. The molecule has 6 heteroatoms. The van der Waals surface area contributed by atoms with Crippen LogP contribution in [0.4, 0.5) is 4.39 Å². The first-order valence-electron chi connectivity index (χ1n) is 11.9. The predicted molar refractivity (Wildman–Crippen MR) is 139 cm³/mol. The Labute approximate surface area is 231 Å². The summed E-state index contributed by atoms with van der Waals surface area (Å²) >= 11 is 0. The Morgan fingerprint density at radius 2 is 1.51 bits per heavy atom. The molecular weight excluding hydrogens is 642 g/mol. The van der Waals surface area contributed by atoms with E-state index in [4.69, 9.17) is 10.1 Å². The van der Waals surface area contributed by atoms with Crippen LogP contribution in [-0.2, 0) is 31.9 Å². The van der Waals surface area contributed by atoms with Crippen molar-refractivity contribution in [2.75, 3.05) is 0 Å². The number of pyridine rings is 2. The summed E-state index contributed by atoms with van der Waals surface area (Å²) in [7, 11) is 0. The molecule has 0 spiro atoms. The molecule has 2 aromatic carbocycles. The van der Waals surface area contributed by atoms with E-state index in [0.29, 0.717) is 11.4 Å². The summed E-state index contributed by atoms with van der Waals surface area (Å²) < 4.78 is 15.7. The Morgan fingerprint density at radius 3 is 2.24 bits per heavy atom. The third-order valence-electron chi connectivity index (χ3n) is 6.52. The standard InChI is InChI=1S/C31H27FN4.Pt/c1-30(2,3)23-13-8-14-24(21-23)36-20-19-28(35-36)31(4,22-11-6-5-7-12-22)27-17-9-15-25(33-27)26-16-10-18-29(32)34-26;/h5-13,15,17-21H,1-4H3;/q-2;+2. The number of hydrogen-bond donors (Lipinski definition) is 0. The molecular formula is C31H27FN4Pt. The van der Waals surface area contributed by atoms with Crippen LogP contribution in [0.25, 0.3) is 17.1 Å². The molecule has 0 amide bonds. The van der Waals surface area contributed by atoms with E-state index < -0.39 is 11.4 Å². The van der Waals surface area contributed by atoms with Gasteiger partial charge in [-0.3, -0.25) is 9.67 Å². The van der Waals surface area contributed by atoms with Crippen LogP contribution in [0.15, 0.2) is 91.1 Å². The molecule has 0 N–H and O–H groups in total. The van der Waals surface area contributed by atoms with Gasteiger partial charge in [0.2, 0.25) is 0 Å². The van der Waals surface area contributed by atoms with E-state index in [1.54, 1.807) is 0 Å². The van der Waals surface area contributed by atoms with Gasteiger partial charge < -0.3 is 4.98 Å². The van der Waals surface area contributed by atoms with Gasteiger partial charge >= 0.3 is 21.1 Å². The molecule has 4 nitrogen and oxygen atoms in total. The maximum Gasteiger partial charge on any atom is 2.00 e. The van der Waals surface area contributed by atoms with Crippen LogP contribution in [0.5, 0.6) is 0 Å². The molecule has 5 rings (SSSR count). The molecule has 0 bridgehead atoms. The molecule has 5 aromatic rings. The van der Waals surface area contributed by atoms with Gasteiger partial charge in [-0.2, -0.15) is 41.0 Å². The normalized spacial score (nSPS) is 13.0. The molecule has 3 heterocycles. The molecule has 0 fully saturated rings. The van der Waals surface area contributed by atoms with E-state index >= 15 is 0 Å². The Kier molecular flexibility index (Phi) is 7.56. The summed E-state index contributed by atoms with van der Waals surface area (Å²) in [6.07, 6.45) is 1.96.